The van der Waals surface area contributed by atoms with Gasteiger partial charge in [0.2, 0.25) is 0 Å². The molecular weight excluding hydrogens is 1400 g/mol. The monoisotopic (exact) mass is 1450 g/mol. The van der Waals surface area contributed by atoms with Crippen LogP contribution in [0.5, 0.6) is 0 Å². The molecule has 4 aliphatic heterocycles. The van der Waals surface area contributed by atoms with Crippen molar-refractivity contribution < 1.29 is 90.8 Å². The number of carbonyl (C=O) groups excluding carboxylic acids is 6. The molecule has 4 heterocycles. The van der Waals surface area contributed by atoms with Gasteiger partial charge in [0.25, 0.3) is 0 Å². The molecule has 0 saturated carbocycles. The Kier molecular flexibility index (Phi) is 26.2. The van der Waals surface area contributed by atoms with Crippen molar-refractivity contribution in [3.05, 3.63) is 215 Å². The fourth-order valence-electron chi connectivity index (χ4n) is 8.61. The van der Waals surface area contributed by atoms with Crippen LogP contribution in [0.1, 0.15) is 62.1 Å². The quantitative estimate of drug-likeness (QED) is 0.0520. The van der Waals surface area contributed by atoms with Gasteiger partial charge in [0.1, 0.15) is 21.0 Å². The molecule has 85 heavy (non-hydrogen) atoms. The number of hydrogen-bond donors (Lipinski definition) is 2. The van der Waals surface area contributed by atoms with Crippen molar-refractivity contribution in [1.29, 1.82) is 0 Å². The number of rotatable bonds is 16. The molecule has 10 atom stereocenters. The van der Waals surface area contributed by atoms with Gasteiger partial charge in [-0.3, -0.25) is 9.98 Å². The summed E-state index contributed by atoms with van der Waals surface area (Å²) >= 11 is 12.3. The van der Waals surface area contributed by atoms with E-state index in [0.717, 1.165) is 11.5 Å². The van der Waals surface area contributed by atoms with Crippen molar-refractivity contribution in [3.63, 3.8) is 0 Å². The van der Waals surface area contributed by atoms with Gasteiger partial charge in [-0.15, -0.1) is 0 Å². The summed E-state index contributed by atoms with van der Waals surface area (Å²) in [5.74, 6) is -2.64. The van der Waals surface area contributed by atoms with Crippen molar-refractivity contribution in [2.24, 2.45) is 9.98 Å². The predicted molar refractivity (Wildman–Crippen MR) is 328 cm³/mol. The minimum atomic E-state index is -1.32. The van der Waals surface area contributed by atoms with Gasteiger partial charge in [-0.05, 0) is 72.8 Å². The Hall–Kier alpha value is -5.66. The number of ether oxygens (including phenoxy) is 8. The van der Waals surface area contributed by atoms with Crippen molar-refractivity contribution in [1.82, 2.24) is 0 Å². The summed E-state index contributed by atoms with van der Waals surface area (Å²) in [6.45, 7) is 0.146. The van der Waals surface area contributed by atoms with E-state index in [0.29, 0.717) is 35.8 Å². The number of aliphatic hydroxyl groups is 2. The summed E-state index contributed by atoms with van der Waals surface area (Å²) in [6.07, 6.45) is -9.87. The van der Waals surface area contributed by atoms with E-state index in [1.165, 1.54) is 47.0 Å². The minimum absolute atomic E-state index is 0.251. The number of thioether (sulfide) groups is 4. The maximum atomic E-state index is 13.3. The van der Waals surface area contributed by atoms with E-state index in [-0.39, 0.29) is 33.4 Å². The molecule has 6 aromatic rings. The molecule has 0 bridgehead atoms. The number of nitrogens with zero attached hydrogens (tertiary/aromatic N) is 2. The zero-order valence-electron chi connectivity index (χ0n) is 44.5. The number of halogens is 2. The third-order valence-electron chi connectivity index (χ3n) is 12.6. The van der Waals surface area contributed by atoms with Crippen LogP contribution in [0.4, 0.5) is 0 Å². The van der Waals surface area contributed by atoms with Crippen molar-refractivity contribution in [3.8, 4) is 0 Å². The normalized spacial score (nSPS) is 23.2. The third kappa shape index (κ3) is 18.7. The third-order valence-corrected chi connectivity index (χ3v) is 17.3. The summed E-state index contributed by atoms with van der Waals surface area (Å²) in [5.41, 5.74) is -0.291. The van der Waals surface area contributed by atoms with Gasteiger partial charge in [0, 0.05) is 11.5 Å². The first-order valence-corrected chi connectivity index (χ1v) is 36.9. The average Bonchev–Trinajstić information content (AvgIpc) is 2.99. The van der Waals surface area contributed by atoms with Crippen LogP contribution in [0.2, 0.25) is 0 Å². The van der Waals surface area contributed by atoms with Crippen molar-refractivity contribution in [2.75, 3.05) is 37.8 Å². The molecule has 2 fully saturated rings. The Labute approximate surface area is 527 Å². The van der Waals surface area contributed by atoms with Gasteiger partial charge in [0.15, 0.2) is 47.5 Å². The number of aliphatic imine (C=N–C) groups is 2. The molecule has 0 spiro atoms. The van der Waals surface area contributed by atoms with Crippen LogP contribution in [0.3, 0.4) is 0 Å². The Bertz CT molecular complexity index is 3000. The zero-order chi connectivity index (χ0) is 59.9. The molecule has 18 nitrogen and oxygen atoms in total. The molecule has 448 valence electrons. The maximum absolute atomic E-state index is 13.3. The molecule has 0 radical (unpaired) electrons. The van der Waals surface area contributed by atoms with Crippen molar-refractivity contribution in [2.45, 2.75) is 59.7 Å². The molecule has 0 unspecified atom stereocenters. The van der Waals surface area contributed by atoms with Crippen LogP contribution in [-0.4, -0.2) is 152 Å². The van der Waals surface area contributed by atoms with E-state index in [1.807, 2.05) is 0 Å². The molecule has 0 aliphatic carbocycles. The van der Waals surface area contributed by atoms with Gasteiger partial charge < -0.3 is 48.1 Å². The number of esters is 6. The van der Waals surface area contributed by atoms with E-state index in [4.69, 9.17) is 37.9 Å². The number of carbonyl (C=O) groups is 6. The van der Waals surface area contributed by atoms with Crippen molar-refractivity contribution >= 4 is 118 Å². The number of benzene rings is 6. The first-order chi connectivity index (χ1) is 41.5. The van der Waals surface area contributed by atoms with Crippen LogP contribution in [0.15, 0.2) is 192 Å². The summed E-state index contributed by atoms with van der Waals surface area (Å²) in [6, 6.07) is 49.8. The Morgan fingerprint density at radius 1 is 0.412 bits per heavy atom. The summed E-state index contributed by atoms with van der Waals surface area (Å²) in [4.78, 5) is 88.4. The van der Waals surface area contributed by atoms with Crippen LogP contribution in [0, 0.1) is 0 Å². The molecular formula is C60H54Br2N2O16PdS4. The van der Waals surface area contributed by atoms with E-state index in [1.54, 1.807) is 182 Å². The van der Waals surface area contributed by atoms with Gasteiger partial charge in [-0.25, -0.2) is 28.8 Å². The van der Waals surface area contributed by atoms with E-state index >= 15 is 0 Å². The molecule has 2 saturated heterocycles. The van der Waals surface area contributed by atoms with Crippen LogP contribution >= 0.6 is 73.9 Å². The fourth-order valence-corrected chi connectivity index (χ4v) is 13.1. The van der Waals surface area contributed by atoms with Crippen LogP contribution < -0.4 is 0 Å². The predicted octanol–water partition coefficient (Wildman–Crippen LogP) is 10.1. The fraction of sp³-hybridized carbons (Fsp3) is 0.267. The molecule has 4 aliphatic rings. The second-order valence-electron chi connectivity index (χ2n) is 18.1. The number of hydrogen-bond acceptors (Lipinski definition) is 22. The molecule has 25 heteroatoms. The van der Waals surface area contributed by atoms with Crippen LogP contribution in [0.25, 0.3) is 0 Å². The Morgan fingerprint density at radius 3 is 0.847 bits per heavy atom. The van der Waals surface area contributed by atoms with Gasteiger partial charge >= 0.3 is 76.6 Å². The average molecular weight is 1450 g/mol. The Balaban J connectivity index is 0.000000212. The molecule has 2 N–H and O–H groups in total. The second kappa shape index (κ2) is 34.0. The molecule has 0 aromatic heterocycles. The van der Waals surface area contributed by atoms with Crippen LogP contribution in [-0.2, 0) is 51.8 Å². The zero-order valence-corrected chi connectivity index (χ0v) is 52.5. The molecule has 6 aromatic carbocycles. The number of aliphatic hydroxyl groups excluding tert-OH is 2. The summed E-state index contributed by atoms with van der Waals surface area (Å²) in [5, 5.41) is 20.7. The first kappa shape index (κ1) is 65.3. The first-order valence-electron chi connectivity index (χ1n) is 26.1. The van der Waals surface area contributed by atoms with Gasteiger partial charge in [-0.2, -0.15) is 0 Å². The molecule has 10 rings (SSSR count). The van der Waals surface area contributed by atoms with E-state index < -0.39 is 109 Å². The molecule has 0 amide bonds. The Morgan fingerprint density at radius 2 is 0.635 bits per heavy atom. The van der Waals surface area contributed by atoms with Gasteiger partial charge in [0.05, 0.1) is 59.7 Å². The van der Waals surface area contributed by atoms with Gasteiger partial charge in [-0.1, -0.05) is 156 Å². The second-order valence-corrected chi connectivity index (χ2v) is 30.2. The summed E-state index contributed by atoms with van der Waals surface area (Å²) < 4.78 is 49.3. The van der Waals surface area contributed by atoms with E-state index in [9.17, 15) is 39.0 Å². The topological polar surface area (TPSA) is 241 Å². The van der Waals surface area contributed by atoms with E-state index in [2.05, 4.69) is 36.8 Å². The standard InChI is InChI=1S/2C30H27NO8S2.2BrH.Pd/c2*32-18-22-23(37-26(33)19-10-4-1-5-11-19)24(38-27(34)20-12-6-2-7-13-20)25(29(36-22)41-30-31-16-17-40-30)39-28(35)21-14-8-3-9-15-21;;;/h2*1-15,22-25,29,32H,16-18H2;2*1H;/q;;;;+2/p-2/t2*22-,23-,24+,25-,29+;;;/m11.../s1. The SMILES string of the molecule is O=C(O[C@@H]1[C@@H](OC(=O)c2ccccc2)[C@H](SC2=NCCS2)O[C@H](CO)[C@H]1OC(=O)c1ccccc1)c1ccccc1.O=C(O[C@@H]1[C@@H](OC(=O)c2ccccc2)[C@H](SC2=NCCS2)O[C@H](CO)[C@H]1OC(=O)c1ccccc1)c1ccccc1.[Br][Pd][Br]. The summed E-state index contributed by atoms with van der Waals surface area (Å²) in [7, 11) is 0.